The number of hydrogen-bond acceptors (Lipinski definition) is 2. The minimum Gasteiger partial charge on any atom is -0.268 e. The molecule has 3 aromatic rings. The van der Waals surface area contributed by atoms with E-state index in [1.165, 1.54) is 50.2 Å². The molecule has 0 aliphatic heterocycles. The maximum atomic E-state index is 14.2. The van der Waals surface area contributed by atoms with Crippen LogP contribution in [0.2, 0.25) is 0 Å². The summed E-state index contributed by atoms with van der Waals surface area (Å²) in [7, 11) is 0. The van der Waals surface area contributed by atoms with Crippen molar-refractivity contribution in [1.29, 1.82) is 5.26 Å². The molecule has 0 bridgehead atoms. The molecule has 1 fully saturated rings. The van der Waals surface area contributed by atoms with Gasteiger partial charge in [-0.2, -0.15) is 10.4 Å². The zero-order valence-electron chi connectivity index (χ0n) is 20.8. The Morgan fingerprint density at radius 1 is 1.06 bits per heavy atom. The molecule has 1 aliphatic rings. The third-order valence-corrected chi connectivity index (χ3v) is 7.31. The van der Waals surface area contributed by atoms with Crippen molar-refractivity contribution >= 4 is 0 Å². The predicted molar refractivity (Wildman–Crippen MR) is 141 cm³/mol. The van der Waals surface area contributed by atoms with Crippen molar-refractivity contribution in [3.05, 3.63) is 78.3 Å². The summed E-state index contributed by atoms with van der Waals surface area (Å²) in [6, 6.07) is 19.2. The summed E-state index contributed by atoms with van der Waals surface area (Å²) >= 11 is 0. The molecule has 1 saturated carbocycles. The summed E-state index contributed by atoms with van der Waals surface area (Å²) in [5.74, 6) is 1.14. The second-order valence-corrected chi connectivity index (χ2v) is 10.1. The fourth-order valence-electron chi connectivity index (χ4n) is 5.46. The molecule has 0 unspecified atom stereocenters. The van der Waals surface area contributed by atoms with Crippen LogP contribution in [0.15, 0.2) is 66.7 Å². The average molecular weight is 470 g/mol. The first kappa shape index (κ1) is 24.9. The van der Waals surface area contributed by atoms with E-state index in [2.05, 4.69) is 36.4 Å². The van der Waals surface area contributed by atoms with Gasteiger partial charge in [0, 0.05) is 36.2 Å². The van der Waals surface area contributed by atoms with Crippen LogP contribution in [-0.2, 0) is 13.0 Å². The van der Waals surface area contributed by atoms with E-state index in [0.29, 0.717) is 18.8 Å². The highest BCUT2D eigenvalue weighted by Crippen LogP contribution is 2.38. The lowest BCUT2D eigenvalue weighted by Gasteiger charge is -2.29. The molecule has 1 aliphatic carbocycles. The third-order valence-electron chi connectivity index (χ3n) is 7.31. The summed E-state index contributed by atoms with van der Waals surface area (Å²) in [5.41, 5.74) is 6.00. The molecule has 0 saturated heterocycles. The molecule has 1 heterocycles. The Bertz CT molecular complexity index is 1160. The molecule has 1 aromatic heterocycles. The maximum absolute atomic E-state index is 14.2. The van der Waals surface area contributed by atoms with E-state index >= 15 is 0 Å². The van der Waals surface area contributed by atoms with Gasteiger partial charge >= 0.3 is 0 Å². The second-order valence-electron chi connectivity index (χ2n) is 10.1. The van der Waals surface area contributed by atoms with Crippen molar-refractivity contribution < 1.29 is 4.39 Å². The largest absolute Gasteiger partial charge is 0.268 e. The SMILES string of the molecule is C=C(C)CCCC1CCC(Cn2nc(-c3ccccc3)c(-c3cccc(F)c3)c2CCC#N)CC1. The molecule has 0 atom stereocenters. The number of rotatable bonds is 10. The van der Waals surface area contributed by atoms with E-state index in [-0.39, 0.29) is 5.82 Å². The van der Waals surface area contributed by atoms with Crippen LogP contribution >= 0.6 is 0 Å². The molecule has 35 heavy (non-hydrogen) atoms. The fraction of sp³-hybridized carbons (Fsp3) is 0.419. The monoisotopic (exact) mass is 469 g/mol. The number of hydrogen-bond donors (Lipinski definition) is 0. The molecule has 0 radical (unpaired) electrons. The first-order valence-corrected chi connectivity index (χ1v) is 13.0. The van der Waals surface area contributed by atoms with Gasteiger partial charge in [0.15, 0.2) is 0 Å². The van der Waals surface area contributed by atoms with E-state index in [1.54, 1.807) is 12.1 Å². The quantitative estimate of drug-likeness (QED) is 0.280. The molecule has 0 amide bonds. The molecule has 0 N–H and O–H groups in total. The van der Waals surface area contributed by atoms with Gasteiger partial charge in [0.2, 0.25) is 0 Å². The highest BCUT2D eigenvalue weighted by Gasteiger charge is 2.25. The van der Waals surface area contributed by atoms with Crippen molar-refractivity contribution in [1.82, 2.24) is 9.78 Å². The minimum atomic E-state index is -0.259. The number of allylic oxidation sites excluding steroid dienone is 1. The Morgan fingerprint density at radius 2 is 1.77 bits per heavy atom. The average Bonchev–Trinajstić information content (AvgIpc) is 3.22. The van der Waals surface area contributed by atoms with Crippen LogP contribution < -0.4 is 0 Å². The minimum absolute atomic E-state index is 0.259. The van der Waals surface area contributed by atoms with Crippen molar-refractivity contribution in [3.8, 4) is 28.5 Å². The van der Waals surface area contributed by atoms with Gasteiger partial charge in [-0.05, 0) is 62.1 Å². The Balaban J connectivity index is 1.61. The van der Waals surface area contributed by atoms with Crippen molar-refractivity contribution in [2.45, 2.75) is 71.3 Å². The van der Waals surface area contributed by atoms with Gasteiger partial charge in [-0.15, -0.1) is 6.58 Å². The molecular formula is C31H36FN3. The highest BCUT2D eigenvalue weighted by molar-refractivity contribution is 5.82. The smallest absolute Gasteiger partial charge is 0.123 e. The molecule has 4 rings (SSSR count). The molecule has 182 valence electrons. The fourth-order valence-corrected chi connectivity index (χ4v) is 5.46. The summed E-state index contributed by atoms with van der Waals surface area (Å²) in [4.78, 5) is 0. The Labute approximate surface area is 209 Å². The summed E-state index contributed by atoms with van der Waals surface area (Å²) in [6.07, 6.45) is 9.69. The van der Waals surface area contributed by atoms with E-state index in [4.69, 9.17) is 5.10 Å². The van der Waals surface area contributed by atoms with Gasteiger partial charge in [-0.1, -0.05) is 67.3 Å². The molecule has 3 nitrogen and oxygen atoms in total. The Hall–Kier alpha value is -3.19. The van der Waals surface area contributed by atoms with Crippen LogP contribution in [0.3, 0.4) is 0 Å². The van der Waals surface area contributed by atoms with Crippen molar-refractivity contribution in [2.75, 3.05) is 0 Å². The number of nitrogens with zero attached hydrogens (tertiary/aromatic N) is 3. The van der Waals surface area contributed by atoms with Crippen LogP contribution in [-0.4, -0.2) is 9.78 Å². The standard InChI is InChI=1S/C31H36FN3/c1-23(2)9-6-10-24-16-18-25(19-17-24)22-35-29(15-8-20-33)30(27-13-7-14-28(32)21-27)31(34-35)26-11-4-3-5-12-26/h3-5,7,11-14,21,24-25H,1,6,8-10,15-19,22H2,2H3. The van der Waals surface area contributed by atoms with Crippen LogP contribution in [0.25, 0.3) is 22.4 Å². The second kappa shape index (κ2) is 12.0. The summed E-state index contributed by atoms with van der Waals surface area (Å²) in [5, 5.41) is 14.5. The number of aromatic nitrogens is 2. The first-order valence-electron chi connectivity index (χ1n) is 13.0. The van der Waals surface area contributed by atoms with Crippen LogP contribution in [0.5, 0.6) is 0 Å². The van der Waals surface area contributed by atoms with Crippen molar-refractivity contribution in [2.24, 2.45) is 11.8 Å². The van der Waals surface area contributed by atoms with Crippen molar-refractivity contribution in [3.63, 3.8) is 0 Å². The van der Waals surface area contributed by atoms with Crippen LogP contribution in [0.4, 0.5) is 4.39 Å². The van der Waals surface area contributed by atoms with E-state index < -0.39 is 0 Å². The number of halogens is 1. The first-order chi connectivity index (χ1) is 17.0. The molecule has 2 aromatic carbocycles. The zero-order chi connectivity index (χ0) is 24.6. The lowest BCUT2D eigenvalue weighted by molar-refractivity contribution is 0.233. The summed E-state index contributed by atoms with van der Waals surface area (Å²) < 4.78 is 16.4. The third kappa shape index (κ3) is 6.48. The topological polar surface area (TPSA) is 41.6 Å². The Kier molecular flexibility index (Phi) is 8.53. The number of benzene rings is 2. The van der Waals surface area contributed by atoms with E-state index in [0.717, 1.165) is 47.0 Å². The van der Waals surface area contributed by atoms with Gasteiger partial charge in [0.1, 0.15) is 11.5 Å². The van der Waals surface area contributed by atoms with Gasteiger partial charge in [-0.25, -0.2) is 4.39 Å². The van der Waals surface area contributed by atoms with Crippen LogP contribution in [0, 0.1) is 29.0 Å². The lowest BCUT2D eigenvalue weighted by Crippen LogP contribution is -2.21. The lowest BCUT2D eigenvalue weighted by atomic mass is 9.79. The highest BCUT2D eigenvalue weighted by atomic mass is 19.1. The van der Waals surface area contributed by atoms with E-state index in [9.17, 15) is 9.65 Å². The molecule has 0 spiro atoms. The van der Waals surface area contributed by atoms with Crippen LogP contribution in [0.1, 0.15) is 64.0 Å². The molecular weight excluding hydrogens is 433 g/mol. The normalized spacial score (nSPS) is 17.7. The van der Waals surface area contributed by atoms with Gasteiger partial charge < -0.3 is 0 Å². The number of nitriles is 1. The maximum Gasteiger partial charge on any atom is 0.123 e. The zero-order valence-corrected chi connectivity index (χ0v) is 20.8. The van der Waals surface area contributed by atoms with Gasteiger partial charge in [-0.3, -0.25) is 4.68 Å². The van der Waals surface area contributed by atoms with Gasteiger partial charge in [0.25, 0.3) is 0 Å². The molecule has 4 heteroatoms. The summed E-state index contributed by atoms with van der Waals surface area (Å²) in [6.45, 7) is 7.01. The van der Waals surface area contributed by atoms with E-state index in [1.807, 2.05) is 24.3 Å². The Morgan fingerprint density at radius 3 is 2.46 bits per heavy atom. The predicted octanol–water partition coefficient (Wildman–Crippen LogP) is 8.37. The van der Waals surface area contributed by atoms with Gasteiger partial charge in [0.05, 0.1) is 6.07 Å².